The van der Waals surface area contributed by atoms with Crippen LogP contribution in [0.4, 0.5) is 10.1 Å². The van der Waals surface area contributed by atoms with Gasteiger partial charge in [0.1, 0.15) is 5.82 Å². The van der Waals surface area contributed by atoms with Gasteiger partial charge in [0, 0.05) is 23.4 Å². The minimum absolute atomic E-state index is 0.264. The van der Waals surface area contributed by atoms with Crippen LogP contribution in [0.3, 0.4) is 0 Å². The molecule has 0 atom stereocenters. The Labute approximate surface area is 85.9 Å². The molecule has 0 amide bonds. The van der Waals surface area contributed by atoms with Gasteiger partial charge < -0.3 is 9.84 Å². The van der Waals surface area contributed by atoms with Crippen molar-refractivity contribution in [3.63, 3.8) is 0 Å². The maximum absolute atomic E-state index is 13.1. The molecule has 0 radical (unpaired) electrons. The van der Waals surface area contributed by atoms with Crippen LogP contribution in [0.2, 0.25) is 0 Å². The van der Waals surface area contributed by atoms with Crippen molar-refractivity contribution >= 4 is 5.69 Å². The number of hydrogen-bond donors (Lipinski definition) is 1. The predicted octanol–water partition coefficient (Wildman–Crippen LogP) is 2.45. The number of anilines is 1. The summed E-state index contributed by atoms with van der Waals surface area (Å²) in [7, 11) is 0. The van der Waals surface area contributed by atoms with Crippen molar-refractivity contribution in [1.82, 2.24) is 5.16 Å². The van der Waals surface area contributed by atoms with Crippen LogP contribution in [0.5, 0.6) is 0 Å². The van der Waals surface area contributed by atoms with Crippen LogP contribution in [0.15, 0.2) is 28.9 Å². The monoisotopic (exact) mass is 204 g/mol. The van der Waals surface area contributed by atoms with Crippen molar-refractivity contribution < 1.29 is 8.91 Å². The first-order valence-corrected chi connectivity index (χ1v) is 4.82. The molecule has 3 rings (SSSR count). The fourth-order valence-electron chi connectivity index (χ4n) is 1.85. The maximum atomic E-state index is 13.1. The number of halogens is 1. The second kappa shape index (κ2) is 3.08. The van der Waals surface area contributed by atoms with E-state index in [0.717, 1.165) is 29.8 Å². The largest absolute Gasteiger partial charge is 0.384 e. The van der Waals surface area contributed by atoms with Crippen LogP contribution >= 0.6 is 0 Å². The van der Waals surface area contributed by atoms with Crippen LogP contribution in [-0.2, 0) is 6.42 Å². The molecule has 0 spiro atoms. The van der Waals surface area contributed by atoms with Crippen molar-refractivity contribution in [3.8, 4) is 11.3 Å². The molecule has 2 aromatic rings. The summed E-state index contributed by atoms with van der Waals surface area (Å²) in [5.74, 6) is 0.411. The fourth-order valence-corrected chi connectivity index (χ4v) is 1.85. The number of nitrogens with one attached hydrogen (secondary N) is 1. The zero-order chi connectivity index (χ0) is 10.3. The molecule has 0 unspecified atom stereocenters. The van der Waals surface area contributed by atoms with Gasteiger partial charge in [0.25, 0.3) is 0 Å². The summed E-state index contributed by atoms with van der Waals surface area (Å²) >= 11 is 0. The summed E-state index contributed by atoms with van der Waals surface area (Å²) < 4.78 is 18.3. The minimum Gasteiger partial charge on any atom is -0.384 e. The standard InChI is InChI=1S/C11H9FN2O/c12-8-1-2-10-9(5-8)11-7(3-4-13-10)6-14-15-11/h1-2,5-6,13H,3-4H2. The van der Waals surface area contributed by atoms with E-state index in [4.69, 9.17) is 4.52 Å². The molecule has 0 aliphatic carbocycles. The number of benzene rings is 1. The summed E-state index contributed by atoms with van der Waals surface area (Å²) in [5.41, 5.74) is 2.67. The second-order valence-electron chi connectivity index (χ2n) is 3.55. The van der Waals surface area contributed by atoms with Crippen molar-refractivity contribution in [2.45, 2.75) is 6.42 Å². The molecule has 4 heteroatoms. The molecule has 0 bridgehead atoms. The van der Waals surface area contributed by atoms with Gasteiger partial charge in [0.2, 0.25) is 0 Å². The van der Waals surface area contributed by atoms with Gasteiger partial charge in [0.05, 0.1) is 6.20 Å². The first-order chi connectivity index (χ1) is 7.34. The van der Waals surface area contributed by atoms with E-state index in [1.54, 1.807) is 12.3 Å². The lowest BCUT2D eigenvalue weighted by molar-refractivity contribution is 0.431. The van der Waals surface area contributed by atoms with Gasteiger partial charge in [0.15, 0.2) is 5.76 Å². The van der Waals surface area contributed by atoms with E-state index in [1.807, 2.05) is 0 Å². The molecule has 1 aliphatic rings. The van der Waals surface area contributed by atoms with Gasteiger partial charge in [-0.05, 0) is 24.6 Å². The maximum Gasteiger partial charge on any atom is 0.172 e. The van der Waals surface area contributed by atoms with Gasteiger partial charge in [-0.1, -0.05) is 5.16 Å². The third-order valence-corrected chi connectivity index (χ3v) is 2.58. The molecule has 1 N–H and O–H groups in total. The van der Waals surface area contributed by atoms with Gasteiger partial charge >= 0.3 is 0 Å². The zero-order valence-corrected chi connectivity index (χ0v) is 7.96. The Morgan fingerprint density at radius 3 is 3.27 bits per heavy atom. The summed E-state index contributed by atoms with van der Waals surface area (Å²) in [6.07, 6.45) is 2.53. The molecule has 15 heavy (non-hydrogen) atoms. The third-order valence-electron chi connectivity index (χ3n) is 2.58. The Bertz CT molecular complexity index is 507. The molecule has 76 valence electrons. The van der Waals surface area contributed by atoms with Crippen LogP contribution in [0, 0.1) is 5.82 Å². The van der Waals surface area contributed by atoms with Crippen molar-refractivity contribution in [2.75, 3.05) is 11.9 Å². The second-order valence-corrected chi connectivity index (χ2v) is 3.55. The quantitative estimate of drug-likeness (QED) is 0.716. The average Bonchev–Trinajstić information content (AvgIpc) is 2.62. The Morgan fingerprint density at radius 2 is 2.33 bits per heavy atom. The highest BCUT2D eigenvalue weighted by molar-refractivity contribution is 5.77. The summed E-state index contributed by atoms with van der Waals surface area (Å²) in [4.78, 5) is 0. The Morgan fingerprint density at radius 1 is 1.40 bits per heavy atom. The molecule has 1 aliphatic heterocycles. The van der Waals surface area contributed by atoms with Crippen molar-refractivity contribution in [2.24, 2.45) is 0 Å². The van der Waals surface area contributed by atoms with Crippen LogP contribution in [0.25, 0.3) is 11.3 Å². The molecule has 1 aromatic carbocycles. The lowest BCUT2D eigenvalue weighted by atomic mass is 10.1. The molecule has 2 heterocycles. The minimum atomic E-state index is -0.264. The van der Waals surface area contributed by atoms with Crippen LogP contribution in [0.1, 0.15) is 5.56 Å². The number of rotatable bonds is 0. The molecular weight excluding hydrogens is 195 g/mol. The van der Waals surface area contributed by atoms with Gasteiger partial charge in [-0.15, -0.1) is 0 Å². The van der Waals surface area contributed by atoms with E-state index in [2.05, 4.69) is 10.5 Å². The first-order valence-electron chi connectivity index (χ1n) is 4.82. The number of nitrogens with zero attached hydrogens (tertiary/aromatic N) is 1. The Balaban J connectivity index is 2.27. The van der Waals surface area contributed by atoms with Crippen molar-refractivity contribution in [1.29, 1.82) is 0 Å². The summed E-state index contributed by atoms with van der Waals surface area (Å²) in [6, 6.07) is 4.63. The van der Waals surface area contributed by atoms with Crippen LogP contribution < -0.4 is 5.32 Å². The zero-order valence-electron chi connectivity index (χ0n) is 7.96. The predicted molar refractivity (Wildman–Crippen MR) is 54.1 cm³/mol. The molecule has 0 saturated heterocycles. The summed E-state index contributed by atoms with van der Waals surface area (Å²) in [6.45, 7) is 0.812. The number of aromatic nitrogens is 1. The van der Waals surface area contributed by atoms with E-state index in [9.17, 15) is 4.39 Å². The molecule has 0 saturated carbocycles. The lowest BCUT2D eigenvalue weighted by Crippen LogP contribution is -2.02. The highest BCUT2D eigenvalue weighted by atomic mass is 19.1. The van der Waals surface area contributed by atoms with Gasteiger partial charge in [-0.2, -0.15) is 0 Å². The van der Waals surface area contributed by atoms with E-state index >= 15 is 0 Å². The Kier molecular flexibility index (Phi) is 1.74. The normalized spacial score (nSPS) is 13.7. The topological polar surface area (TPSA) is 38.1 Å². The van der Waals surface area contributed by atoms with Gasteiger partial charge in [-0.25, -0.2) is 4.39 Å². The number of fused-ring (bicyclic) bond motifs is 3. The molecule has 3 nitrogen and oxygen atoms in total. The Hall–Kier alpha value is -1.84. The third kappa shape index (κ3) is 1.29. The molecular formula is C11H9FN2O. The van der Waals surface area contributed by atoms with Gasteiger partial charge in [-0.3, -0.25) is 0 Å². The molecule has 0 fully saturated rings. The lowest BCUT2D eigenvalue weighted by Gasteiger charge is -2.05. The average molecular weight is 204 g/mol. The van der Waals surface area contributed by atoms with E-state index in [-0.39, 0.29) is 5.82 Å². The highest BCUT2D eigenvalue weighted by Crippen LogP contribution is 2.33. The van der Waals surface area contributed by atoms with Crippen molar-refractivity contribution in [3.05, 3.63) is 35.8 Å². The summed E-state index contributed by atoms with van der Waals surface area (Å²) in [5, 5.41) is 6.98. The van der Waals surface area contributed by atoms with E-state index < -0.39 is 0 Å². The number of hydrogen-bond acceptors (Lipinski definition) is 3. The SMILES string of the molecule is Fc1ccc2c(c1)-c1oncc1CCN2. The van der Waals surface area contributed by atoms with E-state index in [0.29, 0.717) is 5.76 Å². The first kappa shape index (κ1) is 8.47. The smallest absolute Gasteiger partial charge is 0.172 e. The van der Waals surface area contributed by atoms with E-state index in [1.165, 1.54) is 12.1 Å². The van der Waals surface area contributed by atoms with Crippen LogP contribution in [-0.4, -0.2) is 11.7 Å². The molecule has 1 aromatic heterocycles. The fraction of sp³-hybridized carbons (Fsp3) is 0.182. The highest BCUT2D eigenvalue weighted by Gasteiger charge is 2.18.